The number of benzene rings is 1. The van der Waals surface area contributed by atoms with Crippen molar-refractivity contribution in [3.05, 3.63) is 35.6 Å². The van der Waals surface area contributed by atoms with Gasteiger partial charge in [-0.25, -0.2) is 4.39 Å². The Morgan fingerprint density at radius 2 is 2.17 bits per heavy atom. The van der Waals surface area contributed by atoms with E-state index in [0.29, 0.717) is 10.9 Å². The molecule has 0 bridgehead atoms. The van der Waals surface area contributed by atoms with Crippen LogP contribution in [-0.4, -0.2) is 12.4 Å². The zero-order valence-corrected chi connectivity index (χ0v) is 8.34. The molecule has 66 valence electrons. The minimum absolute atomic E-state index is 0.203. The Hall–Kier alpha value is -0.410. The van der Waals surface area contributed by atoms with Crippen LogP contribution in [0.25, 0.3) is 0 Å². The largest absolute Gasteiger partial charge is 0.376 e. The van der Waals surface area contributed by atoms with Gasteiger partial charge in [0.1, 0.15) is 5.82 Å². The van der Waals surface area contributed by atoms with Crippen LogP contribution in [0, 0.1) is 5.82 Å². The van der Waals surface area contributed by atoms with E-state index < -0.39 is 0 Å². The average molecular weight is 233 g/mol. The number of halogens is 2. The molecule has 1 atom stereocenters. The quantitative estimate of drug-likeness (QED) is 0.729. The van der Waals surface area contributed by atoms with Gasteiger partial charge in [-0.3, -0.25) is 0 Å². The maximum Gasteiger partial charge on any atom is 0.129 e. The molecule has 3 heteroatoms. The van der Waals surface area contributed by atoms with Crippen molar-refractivity contribution in [3.63, 3.8) is 0 Å². The van der Waals surface area contributed by atoms with Crippen molar-refractivity contribution >= 4 is 15.9 Å². The van der Waals surface area contributed by atoms with Gasteiger partial charge in [0.15, 0.2) is 0 Å². The van der Waals surface area contributed by atoms with Gasteiger partial charge in [0, 0.05) is 18.0 Å². The highest BCUT2D eigenvalue weighted by Gasteiger charge is 2.12. The zero-order chi connectivity index (χ0) is 8.97. The lowest BCUT2D eigenvalue weighted by Gasteiger charge is -2.12. The van der Waals surface area contributed by atoms with Crippen LogP contribution >= 0.6 is 15.9 Å². The van der Waals surface area contributed by atoms with E-state index in [1.165, 1.54) is 6.07 Å². The van der Waals surface area contributed by atoms with E-state index in [2.05, 4.69) is 15.9 Å². The molecular weight excluding hydrogens is 223 g/mol. The molecule has 1 aromatic rings. The van der Waals surface area contributed by atoms with Crippen LogP contribution in [0.15, 0.2) is 24.3 Å². The number of methoxy groups -OCH3 is 1. The van der Waals surface area contributed by atoms with E-state index in [9.17, 15) is 4.39 Å². The number of hydrogen-bond donors (Lipinski definition) is 0. The van der Waals surface area contributed by atoms with E-state index in [1.54, 1.807) is 25.3 Å². The molecule has 0 saturated heterocycles. The van der Waals surface area contributed by atoms with E-state index in [-0.39, 0.29) is 11.9 Å². The molecule has 0 aromatic heterocycles. The summed E-state index contributed by atoms with van der Waals surface area (Å²) in [5, 5.41) is 0.602. The maximum absolute atomic E-state index is 13.1. The molecular formula is C9H10BrFO. The topological polar surface area (TPSA) is 9.23 Å². The number of alkyl halides is 1. The van der Waals surface area contributed by atoms with Crippen LogP contribution in [-0.2, 0) is 4.74 Å². The highest BCUT2D eigenvalue weighted by Crippen LogP contribution is 2.21. The fourth-order valence-electron chi connectivity index (χ4n) is 1.01. The Morgan fingerprint density at radius 3 is 2.67 bits per heavy atom. The third-order valence-electron chi connectivity index (χ3n) is 1.68. The molecule has 0 radical (unpaired) electrons. The molecule has 1 rings (SSSR count). The van der Waals surface area contributed by atoms with Crippen LogP contribution in [0.3, 0.4) is 0 Å². The summed E-state index contributed by atoms with van der Waals surface area (Å²) < 4.78 is 18.2. The Bertz CT molecular complexity index is 248. The first-order valence-corrected chi connectivity index (χ1v) is 4.75. The second-order valence-electron chi connectivity index (χ2n) is 2.40. The standard InChI is InChI=1S/C9H10BrFO/c1-12-9(6-10)7-4-2-3-5-8(7)11/h2-5,9H,6H2,1H3. The van der Waals surface area contributed by atoms with E-state index in [0.717, 1.165) is 0 Å². The predicted octanol–water partition coefficient (Wildman–Crippen LogP) is 2.91. The van der Waals surface area contributed by atoms with Crippen LogP contribution < -0.4 is 0 Å². The molecule has 0 fully saturated rings. The zero-order valence-electron chi connectivity index (χ0n) is 6.76. The van der Waals surface area contributed by atoms with E-state index in [4.69, 9.17) is 4.74 Å². The lowest BCUT2D eigenvalue weighted by molar-refractivity contribution is 0.121. The molecule has 0 aliphatic rings. The van der Waals surface area contributed by atoms with Crippen LogP contribution in [0.5, 0.6) is 0 Å². The van der Waals surface area contributed by atoms with Crippen LogP contribution in [0.2, 0.25) is 0 Å². The van der Waals surface area contributed by atoms with Gasteiger partial charge in [-0.15, -0.1) is 0 Å². The number of hydrogen-bond acceptors (Lipinski definition) is 1. The molecule has 0 aliphatic carbocycles. The first-order valence-electron chi connectivity index (χ1n) is 3.62. The molecule has 0 saturated carbocycles. The second-order valence-corrected chi connectivity index (χ2v) is 3.05. The van der Waals surface area contributed by atoms with Crippen molar-refractivity contribution in [3.8, 4) is 0 Å². The normalized spacial score (nSPS) is 12.9. The van der Waals surface area contributed by atoms with Gasteiger partial charge in [-0.2, -0.15) is 0 Å². The van der Waals surface area contributed by atoms with Gasteiger partial charge in [0.25, 0.3) is 0 Å². The summed E-state index contributed by atoms with van der Waals surface area (Å²) in [4.78, 5) is 0. The third-order valence-corrected chi connectivity index (χ3v) is 2.26. The van der Waals surface area contributed by atoms with Gasteiger partial charge >= 0.3 is 0 Å². The molecule has 0 aliphatic heterocycles. The Kier molecular flexibility index (Phi) is 3.69. The summed E-state index contributed by atoms with van der Waals surface area (Å²) in [5.74, 6) is -0.219. The maximum atomic E-state index is 13.1. The summed E-state index contributed by atoms with van der Waals surface area (Å²) in [6, 6.07) is 6.63. The fraction of sp³-hybridized carbons (Fsp3) is 0.333. The van der Waals surface area contributed by atoms with Gasteiger partial charge in [-0.05, 0) is 6.07 Å². The lowest BCUT2D eigenvalue weighted by Crippen LogP contribution is -2.04. The minimum atomic E-state index is -0.219. The van der Waals surface area contributed by atoms with Crippen molar-refractivity contribution in [2.75, 3.05) is 12.4 Å². The van der Waals surface area contributed by atoms with Crippen molar-refractivity contribution in [1.82, 2.24) is 0 Å². The molecule has 0 heterocycles. The van der Waals surface area contributed by atoms with Crippen molar-refractivity contribution < 1.29 is 9.13 Å². The van der Waals surface area contributed by atoms with Crippen LogP contribution in [0.1, 0.15) is 11.7 Å². The molecule has 0 amide bonds. The van der Waals surface area contributed by atoms with Crippen LogP contribution in [0.4, 0.5) is 4.39 Å². The minimum Gasteiger partial charge on any atom is -0.376 e. The summed E-state index contributed by atoms with van der Waals surface area (Å²) in [6.45, 7) is 0. The van der Waals surface area contributed by atoms with Crippen molar-refractivity contribution in [2.45, 2.75) is 6.10 Å². The summed E-state index contributed by atoms with van der Waals surface area (Å²) in [6.07, 6.45) is -0.203. The first-order chi connectivity index (χ1) is 5.79. The van der Waals surface area contributed by atoms with Gasteiger partial charge in [0.05, 0.1) is 6.10 Å². The summed E-state index contributed by atoms with van der Waals surface area (Å²) in [5.41, 5.74) is 0.594. The van der Waals surface area contributed by atoms with Gasteiger partial charge < -0.3 is 4.74 Å². The second kappa shape index (κ2) is 4.58. The Morgan fingerprint density at radius 1 is 1.50 bits per heavy atom. The number of rotatable bonds is 3. The van der Waals surface area contributed by atoms with E-state index in [1.807, 2.05) is 0 Å². The lowest BCUT2D eigenvalue weighted by atomic mass is 10.1. The first kappa shape index (κ1) is 9.68. The highest BCUT2D eigenvalue weighted by molar-refractivity contribution is 9.09. The number of ether oxygens (including phenoxy) is 1. The van der Waals surface area contributed by atoms with Gasteiger partial charge in [-0.1, -0.05) is 34.1 Å². The SMILES string of the molecule is COC(CBr)c1ccccc1F. The fourth-order valence-corrected chi connectivity index (χ4v) is 1.62. The highest BCUT2D eigenvalue weighted by atomic mass is 79.9. The third kappa shape index (κ3) is 2.05. The summed E-state index contributed by atoms with van der Waals surface area (Å²) >= 11 is 3.26. The molecule has 0 N–H and O–H groups in total. The smallest absolute Gasteiger partial charge is 0.129 e. The average Bonchev–Trinajstić information content (AvgIpc) is 2.10. The summed E-state index contributed by atoms with van der Waals surface area (Å²) in [7, 11) is 1.57. The Labute approximate surface area is 79.7 Å². The van der Waals surface area contributed by atoms with Gasteiger partial charge in [0.2, 0.25) is 0 Å². The van der Waals surface area contributed by atoms with E-state index >= 15 is 0 Å². The predicted molar refractivity (Wildman–Crippen MR) is 49.9 cm³/mol. The molecule has 1 aromatic carbocycles. The molecule has 0 spiro atoms. The molecule has 12 heavy (non-hydrogen) atoms. The Balaban J connectivity index is 2.92. The van der Waals surface area contributed by atoms with Crippen molar-refractivity contribution in [1.29, 1.82) is 0 Å². The molecule has 1 unspecified atom stereocenters. The molecule has 1 nitrogen and oxygen atoms in total. The van der Waals surface area contributed by atoms with Crippen molar-refractivity contribution in [2.24, 2.45) is 0 Å². The monoisotopic (exact) mass is 232 g/mol.